The smallest absolute Gasteiger partial charge is 0.328 e. The number of carbonyl (C=O) groups is 1. The van der Waals surface area contributed by atoms with Gasteiger partial charge in [0.2, 0.25) is 5.91 Å². The van der Waals surface area contributed by atoms with E-state index >= 15 is 0 Å². The first-order valence-electron chi connectivity index (χ1n) is 7.64. The maximum absolute atomic E-state index is 12.5. The number of nitrogens with one attached hydrogen (secondary N) is 1. The van der Waals surface area contributed by atoms with E-state index < -0.39 is 11.2 Å². The lowest BCUT2D eigenvalue weighted by atomic mass is 10.1. The van der Waals surface area contributed by atoms with Crippen LogP contribution >= 0.6 is 0 Å². The van der Waals surface area contributed by atoms with Crippen LogP contribution in [-0.2, 0) is 16.1 Å². The molecule has 0 radical (unpaired) electrons. The summed E-state index contributed by atoms with van der Waals surface area (Å²) in [4.78, 5) is 43.6. The highest BCUT2D eigenvalue weighted by Gasteiger charge is 2.25. The number of amides is 1. The fraction of sp³-hybridized carbons (Fsp3) is 0.375. The molecule has 0 aromatic carbocycles. The standard InChI is InChI=1S/C16H18N4O4/c1-11-8-20(16(23)18-15(11)22)10-14(21)19-5-6-24-13(9-19)12-3-2-4-17-7-12/h2-4,7-8,13H,5-6,9-10H2,1H3,(H,18,22,23). The summed E-state index contributed by atoms with van der Waals surface area (Å²) in [5.74, 6) is -0.194. The number of hydrogen-bond donors (Lipinski definition) is 1. The number of H-pyrrole nitrogens is 1. The van der Waals surface area contributed by atoms with Gasteiger partial charge in [0, 0.05) is 36.3 Å². The molecular weight excluding hydrogens is 312 g/mol. The van der Waals surface area contributed by atoms with Gasteiger partial charge >= 0.3 is 5.69 Å². The van der Waals surface area contributed by atoms with Crippen molar-refractivity contribution in [1.29, 1.82) is 0 Å². The van der Waals surface area contributed by atoms with Crippen molar-refractivity contribution in [3.63, 3.8) is 0 Å². The lowest BCUT2D eigenvalue weighted by Crippen LogP contribution is -2.45. The van der Waals surface area contributed by atoms with Gasteiger partial charge in [-0.15, -0.1) is 0 Å². The van der Waals surface area contributed by atoms with E-state index in [2.05, 4.69) is 9.97 Å². The van der Waals surface area contributed by atoms with Gasteiger partial charge in [0.05, 0.1) is 13.2 Å². The maximum atomic E-state index is 12.5. The zero-order valence-electron chi connectivity index (χ0n) is 13.3. The number of aromatic nitrogens is 3. The van der Waals surface area contributed by atoms with Gasteiger partial charge in [-0.05, 0) is 13.0 Å². The van der Waals surface area contributed by atoms with Crippen LogP contribution in [0.5, 0.6) is 0 Å². The van der Waals surface area contributed by atoms with Crippen molar-refractivity contribution >= 4 is 5.91 Å². The van der Waals surface area contributed by atoms with Crippen LogP contribution in [0.3, 0.4) is 0 Å². The van der Waals surface area contributed by atoms with Crippen molar-refractivity contribution in [2.24, 2.45) is 0 Å². The van der Waals surface area contributed by atoms with Gasteiger partial charge < -0.3 is 9.64 Å². The molecule has 2 aromatic heterocycles. The number of aromatic amines is 1. The van der Waals surface area contributed by atoms with Crippen molar-refractivity contribution in [3.8, 4) is 0 Å². The molecule has 126 valence electrons. The first kappa shape index (κ1) is 16.1. The minimum atomic E-state index is -0.587. The molecule has 24 heavy (non-hydrogen) atoms. The van der Waals surface area contributed by atoms with Gasteiger partial charge in [-0.1, -0.05) is 6.07 Å². The molecule has 1 unspecified atom stereocenters. The van der Waals surface area contributed by atoms with Gasteiger partial charge in [-0.3, -0.25) is 24.1 Å². The molecular formula is C16H18N4O4. The molecule has 0 bridgehead atoms. The molecule has 1 N–H and O–H groups in total. The van der Waals surface area contributed by atoms with Crippen molar-refractivity contribution in [2.45, 2.75) is 19.6 Å². The molecule has 1 fully saturated rings. The number of carbonyl (C=O) groups excluding carboxylic acids is 1. The average molecular weight is 330 g/mol. The van der Waals surface area contributed by atoms with Crippen LogP contribution in [0.4, 0.5) is 0 Å². The van der Waals surface area contributed by atoms with Crippen LogP contribution in [0.1, 0.15) is 17.2 Å². The van der Waals surface area contributed by atoms with Gasteiger partial charge in [-0.25, -0.2) is 4.79 Å². The van der Waals surface area contributed by atoms with Crippen molar-refractivity contribution in [3.05, 3.63) is 62.7 Å². The molecule has 3 heterocycles. The molecule has 1 saturated heterocycles. The molecule has 8 heteroatoms. The zero-order chi connectivity index (χ0) is 17.1. The summed E-state index contributed by atoms with van der Waals surface area (Å²) < 4.78 is 6.92. The Balaban J connectivity index is 1.72. The zero-order valence-corrected chi connectivity index (χ0v) is 13.3. The van der Waals surface area contributed by atoms with E-state index in [1.807, 2.05) is 12.1 Å². The largest absolute Gasteiger partial charge is 0.370 e. The highest BCUT2D eigenvalue weighted by Crippen LogP contribution is 2.21. The second-order valence-corrected chi connectivity index (χ2v) is 5.68. The first-order chi connectivity index (χ1) is 11.5. The Labute approximate surface area is 137 Å². The monoisotopic (exact) mass is 330 g/mol. The normalized spacial score (nSPS) is 17.7. The highest BCUT2D eigenvalue weighted by atomic mass is 16.5. The summed E-state index contributed by atoms with van der Waals surface area (Å²) in [5, 5.41) is 0. The molecule has 1 aliphatic heterocycles. The van der Waals surface area contributed by atoms with E-state index in [1.165, 1.54) is 10.8 Å². The Kier molecular flexibility index (Phi) is 4.57. The summed E-state index contributed by atoms with van der Waals surface area (Å²) >= 11 is 0. The average Bonchev–Trinajstić information content (AvgIpc) is 2.60. The van der Waals surface area contributed by atoms with Crippen LogP contribution in [0.25, 0.3) is 0 Å². The molecule has 2 aromatic rings. The molecule has 1 aliphatic rings. The molecule has 0 saturated carbocycles. The Hall–Kier alpha value is -2.74. The highest BCUT2D eigenvalue weighted by molar-refractivity contribution is 5.76. The van der Waals surface area contributed by atoms with Crippen LogP contribution in [0, 0.1) is 6.92 Å². The molecule has 3 rings (SSSR count). The van der Waals surface area contributed by atoms with Gasteiger partial charge in [0.15, 0.2) is 0 Å². The summed E-state index contributed by atoms with van der Waals surface area (Å²) in [7, 11) is 0. The number of nitrogens with zero attached hydrogens (tertiary/aromatic N) is 3. The number of aryl methyl sites for hydroxylation is 1. The second-order valence-electron chi connectivity index (χ2n) is 5.68. The van der Waals surface area contributed by atoms with Crippen molar-refractivity contribution < 1.29 is 9.53 Å². The van der Waals surface area contributed by atoms with Gasteiger partial charge in [0.25, 0.3) is 5.56 Å². The van der Waals surface area contributed by atoms with E-state index in [0.29, 0.717) is 25.3 Å². The lowest BCUT2D eigenvalue weighted by molar-refractivity contribution is -0.139. The minimum absolute atomic E-state index is 0.115. The fourth-order valence-corrected chi connectivity index (χ4v) is 2.63. The van der Waals surface area contributed by atoms with E-state index in [1.54, 1.807) is 24.2 Å². The Morgan fingerprint density at radius 1 is 1.46 bits per heavy atom. The lowest BCUT2D eigenvalue weighted by Gasteiger charge is -2.33. The quantitative estimate of drug-likeness (QED) is 0.843. The third-order valence-corrected chi connectivity index (χ3v) is 3.97. The summed E-state index contributed by atoms with van der Waals surface area (Å²) in [6.07, 6.45) is 4.57. The predicted octanol–water partition coefficient (Wildman–Crippen LogP) is -0.160. The topological polar surface area (TPSA) is 97.3 Å². The van der Waals surface area contributed by atoms with E-state index in [4.69, 9.17) is 4.74 Å². The molecule has 8 nitrogen and oxygen atoms in total. The Bertz CT molecular complexity index is 843. The third-order valence-electron chi connectivity index (χ3n) is 3.97. The summed E-state index contributed by atoms with van der Waals surface area (Å²) in [6, 6.07) is 3.73. The van der Waals surface area contributed by atoms with Gasteiger partial charge in [-0.2, -0.15) is 0 Å². The van der Waals surface area contributed by atoms with Crippen LogP contribution in [0.15, 0.2) is 40.3 Å². The fourth-order valence-electron chi connectivity index (χ4n) is 2.63. The number of morpholine rings is 1. The van der Waals surface area contributed by atoms with Gasteiger partial charge in [0.1, 0.15) is 12.6 Å². The van der Waals surface area contributed by atoms with Crippen molar-refractivity contribution in [2.75, 3.05) is 19.7 Å². The molecule has 0 aliphatic carbocycles. The number of rotatable bonds is 3. The van der Waals surface area contributed by atoms with Crippen LogP contribution in [-0.4, -0.2) is 45.0 Å². The van der Waals surface area contributed by atoms with E-state index in [0.717, 1.165) is 5.56 Å². The summed E-state index contributed by atoms with van der Waals surface area (Å²) in [5.41, 5.74) is 0.271. The minimum Gasteiger partial charge on any atom is -0.370 e. The van der Waals surface area contributed by atoms with Crippen LogP contribution < -0.4 is 11.2 Å². The third kappa shape index (κ3) is 3.43. The number of pyridine rings is 1. The Morgan fingerprint density at radius 2 is 2.29 bits per heavy atom. The Morgan fingerprint density at radius 3 is 3.04 bits per heavy atom. The van der Waals surface area contributed by atoms with E-state index in [9.17, 15) is 14.4 Å². The predicted molar refractivity (Wildman–Crippen MR) is 85.6 cm³/mol. The maximum Gasteiger partial charge on any atom is 0.328 e. The van der Waals surface area contributed by atoms with Crippen molar-refractivity contribution in [1.82, 2.24) is 19.4 Å². The number of ether oxygens (including phenoxy) is 1. The van der Waals surface area contributed by atoms with Crippen LogP contribution in [0.2, 0.25) is 0 Å². The second kappa shape index (κ2) is 6.79. The molecule has 1 amide bonds. The molecule has 1 atom stereocenters. The SMILES string of the molecule is Cc1cn(CC(=O)N2CCOC(c3cccnc3)C2)c(=O)[nH]c1=O. The first-order valence-corrected chi connectivity index (χ1v) is 7.64. The summed E-state index contributed by atoms with van der Waals surface area (Å²) in [6.45, 7) is 2.77. The number of hydrogen-bond acceptors (Lipinski definition) is 5. The molecule has 0 spiro atoms. The van der Waals surface area contributed by atoms with E-state index in [-0.39, 0.29) is 18.6 Å².